The van der Waals surface area contributed by atoms with Gasteiger partial charge >= 0.3 is 0 Å². The quantitative estimate of drug-likeness (QED) is 0.919. The minimum absolute atomic E-state index is 0.321. The highest BCUT2D eigenvalue weighted by molar-refractivity contribution is 7.89. The van der Waals surface area contributed by atoms with Crippen LogP contribution in [0.3, 0.4) is 0 Å². The Morgan fingerprint density at radius 2 is 1.95 bits per heavy atom. The molecule has 4 nitrogen and oxygen atoms in total. The first kappa shape index (κ1) is 14.0. The molecule has 0 unspecified atom stereocenters. The van der Waals surface area contributed by atoms with Crippen LogP contribution >= 0.6 is 0 Å². The van der Waals surface area contributed by atoms with E-state index in [1.807, 2.05) is 12.1 Å². The second-order valence-corrected chi connectivity index (χ2v) is 8.11. The van der Waals surface area contributed by atoms with E-state index in [9.17, 15) is 8.42 Å². The first-order chi connectivity index (χ1) is 9.44. The van der Waals surface area contributed by atoms with Gasteiger partial charge in [0.05, 0.1) is 4.90 Å². The second-order valence-electron chi connectivity index (χ2n) is 6.17. The summed E-state index contributed by atoms with van der Waals surface area (Å²) in [5.41, 5.74) is 8.33. The molecule has 0 amide bonds. The molecule has 110 valence electrons. The van der Waals surface area contributed by atoms with Gasteiger partial charge in [-0.15, -0.1) is 0 Å². The molecule has 1 heterocycles. The highest BCUT2D eigenvalue weighted by atomic mass is 32.2. The zero-order valence-corrected chi connectivity index (χ0v) is 12.7. The smallest absolute Gasteiger partial charge is 0.243 e. The van der Waals surface area contributed by atoms with Crippen LogP contribution in [0.4, 0.5) is 0 Å². The third-order valence-electron chi connectivity index (χ3n) is 4.44. The summed E-state index contributed by atoms with van der Waals surface area (Å²) < 4.78 is 26.7. The fraction of sp³-hybridized carbons (Fsp3) is 0.600. The topological polar surface area (TPSA) is 63.4 Å². The van der Waals surface area contributed by atoms with E-state index in [1.54, 1.807) is 6.07 Å². The third kappa shape index (κ3) is 2.28. The molecule has 1 aromatic rings. The largest absolute Gasteiger partial charge is 0.323 e. The van der Waals surface area contributed by atoms with Gasteiger partial charge in [0.15, 0.2) is 0 Å². The van der Waals surface area contributed by atoms with Crippen molar-refractivity contribution in [3.05, 3.63) is 29.3 Å². The summed E-state index contributed by atoms with van der Waals surface area (Å²) in [6.45, 7) is 2.97. The Labute approximate surface area is 121 Å². The molecule has 0 radical (unpaired) electrons. The van der Waals surface area contributed by atoms with Gasteiger partial charge in [-0.25, -0.2) is 8.42 Å². The molecule has 20 heavy (non-hydrogen) atoms. The Hall–Kier alpha value is -0.910. The van der Waals surface area contributed by atoms with Crippen molar-refractivity contribution in [3.8, 4) is 0 Å². The summed E-state index contributed by atoms with van der Waals surface area (Å²) >= 11 is 0. The van der Waals surface area contributed by atoms with Crippen LogP contribution in [0.2, 0.25) is 0 Å². The summed E-state index contributed by atoms with van der Waals surface area (Å²) in [6.07, 6.45) is 5.06. The lowest BCUT2D eigenvalue weighted by Crippen LogP contribution is -2.68. The minimum atomic E-state index is -3.36. The number of benzene rings is 1. The molecule has 3 rings (SSSR count). The number of fused-ring (bicyclic) bond motifs is 1. The molecule has 1 aliphatic carbocycles. The normalized spacial score (nSPS) is 21.5. The number of aryl methyl sites for hydroxylation is 2. The van der Waals surface area contributed by atoms with Crippen molar-refractivity contribution in [2.24, 2.45) is 5.73 Å². The van der Waals surface area contributed by atoms with Crippen LogP contribution in [0.5, 0.6) is 0 Å². The van der Waals surface area contributed by atoms with Gasteiger partial charge < -0.3 is 5.73 Å². The molecule has 0 bridgehead atoms. The van der Waals surface area contributed by atoms with E-state index in [4.69, 9.17) is 5.73 Å². The molecule has 0 aromatic heterocycles. The fourth-order valence-electron chi connectivity index (χ4n) is 3.34. The molecule has 1 fully saturated rings. The molecule has 5 heteroatoms. The highest BCUT2D eigenvalue weighted by Gasteiger charge is 2.45. The number of sulfonamides is 1. The molecule has 0 spiro atoms. The molecule has 1 aromatic carbocycles. The Balaban J connectivity index is 1.80. The van der Waals surface area contributed by atoms with E-state index < -0.39 is 10.0 Å². The SMILES string of the molecule is CCCC1(N)CN(S(=O)(=O)c2ccc3c(c2)CCC3)C1. The van der Waals surface area contributed by atoms with Crippen molar-refractivity contribution in [1.82, 2.24) is 4.31 Å². The number of rotatable bonds is 4. The molecule has 1 saturated heterocycles. The standard InChI is InChI=1S/C15H22N2O2S/c1-2-8-15(16)10-17(11-15)20(18,19)14-7-6-12-4-3-5-13(12)9-14/h6-7,9H,2-5,8,10-11,16H2,1H3. The van der Waals surface area contributed by atoms with Crippen LogP contribution < -0.4 is 5.73 Å². The van der Waals surface area contributed by atoms with E-state index in [0.717, 1.165) is 32.1 Å². The Bertz CT molecular complexity index is 619. The lowest BCUT2D eigenvalue weighted by Gasteiger charge is -2.46. The zero-order valence-electron chi connectivity index (χ0n) is 11.9. The number of hydrogen-bond donors (Lipinski definition) is 1. The summed E-state index contributed by atoms with van der Waals surface area (Å²) in [6, 6.07) is 5.57. The van der Waals surface area contributed by atoms with Crippen molar-refractivity contribution in [3.63, 3.8) is 0 Å². The fourth-order valence-corrected chi connectivity index (χ4v) is 5.02. The summed E-state index contributed by atoms with van der Waals surface area (Å²) in [4.78, 5) is 0.427. The minimum Gasteiger partial charge on any atom is -0.323 e. The summed E-state index contributed by atoms with van der Waals surface area (Å²) in [5.74, 6) is 0. The number of nitrogens with two attached hydrogens (primary N) is 1. The van der Waals surface area contributed by atoms with Crippen molar-refractivity contribution in [1.29, 1.82) is 0 Å². The van der Waals surface area contributed by atoms with E-state index >= 15 is 0 Å². The van der Waals surface area contributed by atoms with Crippen LogP contribution in [0.15, 0.2) is 23.1 Å². The molecule has 2 aliphatic rings. The van der Waals surface area contributed by atoms with Gasteiger partial charge in [-0.05, 0) is 48.9 Å². The predicted octanol–water partition coefficient (Wildman–Crippen LogP) is 1.68. The summed E-state index contributed by atoms with van der Waals surface area (Å²) in [7, 11) is -3.36. The maximum absolute atomic E-state index is 12.6. The van der Waals surface area contributed by atoms with E-state index in [-0.39, 0.29) is 5.54 Å². The van der Waals surface area contributed by atoms with Gasteiger partial charge in [-0.2, -0.15) is 4.31 Å². The van der Waals surface area contributed by atoms with Gasteiger partial charge in [0, 0.05) is 18.6 Å². The third-order valence-corrected chi connectivity index (χ3v) is 6.23. The Morgan fingerprint density at radius 3 is 2.65 bits per heavy atom. The van der Waals surface area contributed by atoms with Crippen LogP contribution in [0, 0.1) is 0 Å². The van der Waals surface area contributed by atoms with Crippen LogP contribution in [0.25, 0.3) is 0 Å². The molecular weight excluding hydrogens is 272 g/mol. The zero-order chi connectivity index (χ0) is 14.4. The van der Waals surface area contributed by atoms with Crippen molar-refractivity contribution in [2.75, 3.05) is 13.1 Å². The Kier molecular flexibility index (Phi) is 3.39. The monoisotopic (exact) mass is 294 g/mol. The van der Waals surface area contributed by atoms with Crippen LogP contribution in [0.1, 0.15) is 37.3 Å². The molecule has 1 aliphatic heterocycles. The first-order valence-corrected chi connectivity index (χ1v) is 8.79. The Morgan fingerprint density at radius 1 is 1.25 bits per heavy atom. The van der Waals surface area contributed by atoms with Gasteiger partial charge in [-0.3, -0.25) is 0 Å². The first-order valence-electron chi connectivity index (χ1n) is 7.35. The van der Waals surface area contributed by atoms with Gasteiger partial charge in [-0.1, -0.05) is 19.4 Å². The highest BCUT2D eigenvalue weighted by Crippen LogP contribution is 2.31. The van der Waals surface area contributed by atoms with Crippen LogP contribution in [-0.2, 0) is 22.9 Å². The predicted molar refractivity (Wildman–Crippen MR) is 79.1 cm³/mol. The van der Waals surface area contributed by atoms with Crippen LogP contribution in [-0.4, -0.2) is 31.4 Å². The van der Waals surface area contributed by atoms with Gasteiger partial charge in [0.1, 0.15) is 0 Å². The van der Waals surface area contributed by atoms with Gasteiger partial charge in [0.25, 0.3) is 0 Å². The number of nitrogens with zero attached hydrogens (tertiary/aromatic N) is 1. The summed E-state index contributed by atoms with van der Waals surface area (Å²) in [5, 5.41) is 0. The number of hydrogen-bond acceptors (Lipinski definition) is 3. The van der Waals surface area contributed by atoms with Crippen molar-refractivity contribution >= 4 is 10.0 Å². The molecule has 0 saturated carbocycles. The average Bonchev–Trinajstić information content (AvgIpc) is 2.83. The molecule has 0 atom stereocenters. The lowest BCUT2D eigenvalue weighted by molar-refractivity contribution is 0.147. The maximum Gasteiger partial charge on any atom is 0.243 e. The van der Waals surface area contributed by atoms with Crippen molar-refractivity contribution < 1.29 is 8.42 Å². The second kappa shape index (κ2) is 4.83. The molecular formula is C15H22N2O2S. The van der Waals surface area contributed by atoms with E-state index in [0.29, 0.717) is 18.0 Å². The lowest BCUT2D eigenvalue weighted by atomic mass is 9.89. The average molecular weight is 294 g/mol. The van der Waals surface area contributed by atoms with E-state index in [1.165, 1.54) is 15.4 Å². The van der Waals surface area contributed by atoms with Gasteiger partial charge in [0.2, 0.25) is 10.0 Å². The van der Waals surface area contributed by atoms with E-state index in [2.05, 4.69) is 6.92 Å². The van der Waals surface area contributed by atoms with Crippen molar-refractivity contribution in [2.45, 2.75) is 49.5 Å². The maximum atomic E-state index is 12.6. The molecule has 2 N–H and O–H groups in total.